The van der Waals surface area contributed by atoms with E-state index in [-0.39, 0.29) is 31.3 Å². The normalized spacial score (nSPS) is 14.8. The van der Waals surface area contributed by atoms with E-state index in [1.54, 1.807) is 0 Å². The van der Waals surface area contributed by atoms with Crippen LogP contribution < -0.4 is 20.1 Å². The Morgan fingerprint density at radius 1 is 1.12 bits per heavy atom. The van der Waals surface area contributed by atoms with Crippen molar-refractivity contribution >= 4 is 17.5 Å². The van der Waals surface area contributed by atoms with Crippen molar-refractivity contribution in [3.8, 4) is 11.5 Å². The van der Waals surface area contributed by atoms with E-state index in [0.717, 1.165) is 16.9 Å². The van der Waals surface area contributed by atoms with Gasteiger partial charge in [0, 0.05) is 11.1 Å². The summed E-state index contributed by atoms with van der Waals surface area (Å²) in [4.78, 5) is 12.2. The predicted molar refractivity (Wildman–Crippen MR) is 97.0 cm³/mol. The highest BCUT2D eigenvalue weighted by Gasteiger charge is 2.17. The van der Waals surface area contributed by atoms with Crippen molar-refractivity contribution in [2.75, 3.05) is 13.3 Å². The molecule has 0 spiro atoms. The molecule has 1 heterocycles. The number of carbonyl (C=O) groups is 1. The maximum Gasteiger partial charge on any atom is 0.234 e. The molecule has 0 saturated carbocycles. The monoisotopic (exact) mass is 360 g/mol. The van der Waals surface area contributed by atoms with Crippen LogP contribution in [0.25, 0.3) is 0 Å². The van der Waals surface area contributed by atoms with Crippen molar-refractivity contribution in [3.63, 3.8) is 0 Å². The van der Waals surface area contributed by atoms with Crippen LogP contribution in [0.4, 0.5) is 0 Å². The Labute approximate surface area is 152 Å². The van der Waals surface area contributed by atoms with Crippen LogP contribution in [-0.2, 0) is 4.79 Å². The summed E-state index contributed by atoms with van der Waals surface area (Å²) in [7, 11) is 0. The van der Waals surface area contributed by atoms with Gasteiger partial charge >= 0.3 is 0 Å². The zero-order valence-corrected chi connectivity index (χ0v) is 15.0. The average Bonchev–Trinajstić information content (AvgIpc) is 3.07. The van der Waals surface area contributed by atoms with Crippen LogP contribution in [0.2, 0.25) is 5.02 Å². The summed E-state index contributed by atoms with van der Waals surface area (Å²) < 4.78 is 10.7. The van der Waals surface area contributed by atoms with E-state index >= 15 is 0 Å². The van der Waals surface area contributed by atoms with E-state index in [9.17, 15) is 4.79 Å². The van der Waals surface area contributed by atoms with Crippen LogP contribution in [0, 0.1) is 0 Å². The fourth-order valence-corrected chi connectivity index (χ4v) is 3.04. The number of hydrogen-bond donors (Lipinski definition) is 2. The van der Waals surface area contributed by atoms with Crippen molar-refractivity contribution in [1.82, 2.24) is 10.6 Å². The van der Waals surface area contributed by atoms with E-state index in [0.29, 0.717) is 10.8 Å². The minimum Gasteiger partial charge on any atom is -0.454 e. The van der Waals surface area contributed by atoms with Crippen molar-refractivity contribution in [2.45, 2.75) is 25.9 Å². The summed E-state index contributed by atoms with van der Waals surface area (Å²) in [6.45, 7) is 4.37. The van der Waals surface area contributed by atoms with Gasteiger partial charge < -0.3 is 20.1 Å². The second-order valence-corrected chi connectivity index (χ2v) is 6.43. The number of benzene rings is 2. The fourth-order valence-electron chi connectivity index (χ4n) is 2.74. The Morgan fingerprint density at radius 3 is 2.68 bits per heavy atom. The molecule has 2 N–H and O–H groups in total. The van der Waals surface area contributed by atoms with Gasteiger partial charge in [-0.3, -0.25) is 4.79 Å². The molecule has 1 aliphatic heterocycles. The lowest BCUT2D eigenvalue weighted by Gasteiger charge is -2.18. The lowest BCUT2D eigenvalue weighted by molar-refractivity contribution is -0.121. The number of hydrogen-bond acceptors (Lipinski definition) is 4. The standard InChI is InChI=1S/C19H21ClN2O3/c1-12(14-7-8-17-18(9-14)25-11-24-17)22-19(23)10-21-13(2)15-5-3-4-6-16(15)20/h3-9,12-13,21H,10-11H2,1-2H3,(H,22,23)/t12-,13-/m1/s1. The van der Waals surface area contributed by atoms with Crippen LogP contribution >= 0.6 is 11.6 Å². The molecule has 0 bridgehead atoms. The zero-order valence-electron chi connectivity index (χ0n) is 14.2. The summed E-state index contributed by atoms with van der Waals surface area (Å²) in [5.41, 5.74) is 1.94. The van der Waals surface area contributed by atoms with Gasteiger partial charge in [-0.1, -0.05) is 35.9 Å². The van der Waals surface area contributed by atoms with Crippen molar-refractivity contribution in [2.24, 2.45) is 0 Å². The number of halogens is 1. The highest BCUT2D eigenvalue weighted by atomic mass is 35.5. The summed E-state index contributed by atoms with van der Waals surface area (Å²) in [6.07, 6.45) is 0. The first-order valence-electron chi connectivity index (χ1n) is 8.21. The van der Waals surface area contributed by atoms with Gasteiger partial charge in [0.25, 0.3) is 0 Å². The fraction of sp³-hybridized carbons (Fsp3) is 0.316. The molecule has 2 aromatic rings. The Balaban J connectivity index is 1.53. The summed E-state index contributed by atoms with van der Waals surface area (Å²) in [5, 5.41) is 6.87. The molecular formula is C19H21ClN2O3. The second kappa shape index (κ2) is 7.76. The molecule has 0 fully saturated rings. The third-order valence-electron chi connectivity index (χ3n) is 4.21. The summed E-state index contributed by atoms with van der Waals surface area (Å²) >= 11 is 6.18. The molecule has 5 nitrogen and oxygen atoms in total. The topological polar surface area (TPSA) is 59.6 Å². The molecule has 3 rings (SSSR count). The van der Waals surface area contributed by atoms with Gasteiger partial charge in [0.2, 0.25) is 12.7 Å². The number of rotatable bonds is 6. The molecule has 0 radical (unpaired) electrons. The Hall–Kier alpha value is -2.24. The van der Waals surface area contributed by atoms with Gasteiger partial charge in [-0.05, 0) is 43.2 Å². The average molecular weight is 361 g/mol. The first-order chi connectivity index (χ1) is 12.0. The molecule has 2 aromatic carbocycles. The van der Waals surface area contributed by atoms with Gasteiger partial charge in [0.15, 0.2) is 11.5 Å². The predicted octanol–water partition coefficient (Wildman–Crippen LogP) is 3.60. The molecule has 1 aliphatic rings. The third kappa shape index (κ3) is 4.24. The van der Waals surface area contributed by atoms with Gasteiger partial charge in [-0.25, -0.2) is 0 Å². The highest BCUT2D eigenvalue weighted by Crippen LogP contribution is 2.34. The first kappa shape index (κ1) is 17.6. The van der Waals surface area contributed by atoms with E-state index < -0.39 is 0 Å². The quantitative estimate of drug-likeness (QED) is 0.826. The molecule has 2 atom stereocenters. The van der Waals surface area contributed by atoms with E-state index in [2.05, 4.69) is 10.6 Å². The van der Waals surface area contributed by atoms with Gasteiger partial charge in [-0.2, -0.15) is 0 Å². The number of fused-ring (bicyclic) bond motifs is 1. The third-order valence-corrected chi connectivity index (χ3v) is 4.56. The Bertz CT molecular complexity index is 766. The summed E-state index contributed by atoms with van der Waals surface area (Å²) in [6, 6.07) is 13.2. The highest BCUT2D eigenvalue weighted by molar-refractivity contribution is 6.31. The van der Waals surface area contributed by atoms with Crippen LogP contribution in [0.3, 0.4) is 0 Å². The van der Waals surface area contributed by atoms with Crippen molar-refractivity contribution < 1.29 is 14.3 Å². The van der Waals surface area contributed by atoms with Crippen LogP contribution in [0.15, 0.2) is 42.5 Å². The molecule has 0 saturated heterocycles. The van der Waals surface area contributed by atoms with Crippen LogP contribution in [0.5, 0.6) is 11.5 Å². The van der Waals surface area contributed by atoms with E-state index in [1.165, 1.54) is 0 Å². The Kier molecular flexibility index (Phi) is 5.46. The molecule has 0 unspecified atom stereocenters. The lowest BCUT2D eigenvalue weighted by Crippen LogP contribution is -2.36. The van der Waals surface area contributed by atoms with Crippen molar-refractivity contribution in [3.05, 3.63) is 58.6 Å². The van der Waals surface area contributed by atoms with Gasteiger partial charge in [0.05, 0.1) is 12.6 Å². The smallest absolute Gasteiger partial charge is 0.234 e. The number of amides is 1. The molecule has 1 amide bonds. The van der Waals surface area contributed by atoms with E-state index in [1.807, 2.05) is 56.3 Å². The minimum atomic E-state index is -0.126. The zero-order chi connectivity index (χ0) is 17.8. The molecule has 0 aliphatic carbocycles. The molecular weight excluding hydrogens is 340 g/mol. The number of nitrogens with one attached hydrogen (secondary N) is 2. The van der Waals surface area contributed by atoms with Gasteiger partial charge in [-0.15, -0.1) is 0 Å². The minimum absolute atomic E-state index is 0.0136. The largest absolute Gasteiger partial charge is 0.454 e. The number of carbonyl (C=O) groups excluding carboxylic acids is 1. The molecule has 25 heavy (non-hydrogen) atoms. The van der Waals surface area contributed by atoms with Crippen LogP contribution in [0.1, 0.15) is 37.1 Å². The Morgan fingerprint density at radius 2 is 1.88 bits per heavy atom. The van der Waals surface area contributed by atoms with Gasteiger partial charge in [0.1, 0.15) is 0 Å². The first-order valence-corrected chi connectivity index (χ1v) is 8.59. The maximum atomic E-state index is 12.2. The second-order valence-electron chi connectivity index (χ2n) is 6.03. The lowest BCUT2D eigenvalue weighted by atomic mass is 10.1. The molecule has 0 aromatic heterocycles. The van der Waals surface area contributed by atoms with Crippen molar-refractivity contribution in [1.29, 1.82) is 0 Å². The molecule has 132 valence electrons. The maximum absolute atomic E-state index is 12.2. The van der Waals surface area contributed by atoms with E-state index in [4.69, 9.17) is 21.1 Å². The number of ether oxygens (including phenoxy) is 2. The molecule has 6 heteroatoms. The van der Waals surface area contributed by atoms with Crippen LogP contribution in [-0.4, -0.2) is 19.2 Å². The summed E-state index contributed by atoms with van der Waals surface area (Å²) in [5.74, 6) is 1.37. The SMILES string of the molecule is C[C@@H](NC(=O)CN[C@H](C)c1ccccc1Cl)c1ccc2c(c1)OCO2.